The number of aliphatic imine (C=N–C) groups is 1. The van der Waals surface area contributed by atoms with E-state index >= 15 is 0 Å². The van der Waals surface area contributed by atoms with Crippen LogP contribution in [0.15, 0.2) is 29.3 Å². The zero-order valence-electron chi connectivity index (χ0n) is 18.9. The third kappa shape index (κ3) is 6.84. The standard InChI is InChI=1S/C22H33N7O.HI/c1-5-23-21(25-15-20-16(2)27-28(4)17(20)3)24-14-18-9-8-10-19(13-18)26-22(30)29-11-6-7-12-29;/h8-10,13H,5-7,11-12,14-15H2,1-4H3,(H,26,30)(H2,23,24,25);1H. The number of rotatable bonds is 6. The van der Waals surface area contributed by atoms with E-state index in [0.29, 0.717) is 13.1 Å². The maximum Gasteiger partial charge on any atom is 0.321 e. The SMILES string of the molecule is CCNC(=NCc1cccc(NC(=O)N2CCCC2)c1)NCc1c(C)nn(C)c1C.I. The van der Waals surface area contributed by atoms with Crippen molar-refractivity contribution in [2.24, 2.45) is 12.0 Å². The lowest BCUT2D eigenvalue weighted by atomic mass is 10.2. The summed E-state index contributed by atoms with van der Waals surface area (Å²) < 4.78 is 1.90. The second kappa shape index (κ2) is 11.9. The molecule has 0 saturated carbocycles. The number of urea groups is 1. The lowest BCUT2D eigenvalue weighted by Crippen LogP contribution is -2.37. The monoisotopic (exact) mass is 539 g/mol. The summed E-state index contributed by atoms with van der Waals surface area (Å²) in [7, 11) is 1.96. The van der Waals surface area contributed by atoms with Gasteiger partial charge in [-0.3, -0.25) is 4.68 Å². The molecule has 0 atom stereocenters. The van der Waals surface area contributed by atoms with Crippen LogP contribution in [0.5, 0.6) is 0 Å². The van der Waals surface area contributed by atoms with E-state index in [1.807, 2.05) is 54.7 Å². The molecule has 0 radical (unpaired) electrons. The Balaban J connectivity index is 0.00000341. The molecule has 2 amide bonds. The van der Waals surface area contributed by atoms with Crippen LogP contribution in [0.4, 0.5) is 10.5 Å². The molecule has 2 heterocycles. The average Bonchev–Trinajstić information content (AvgIpc) is 3.34. The second-order valence-corrected chi connectivity index (χ2v) is 7.65. The molecular weight excluding hydrogens is 505 g/mol. The van der Waals surface area contributed by atoms with Crippen molar-refractivity contribution in [3.8, 4) is 0 Å². The van der Waals surface area contributed by atoms with Crippen LogP contribution in [0.25, 0.3) is 0 Å². The summed E-state index contributed by atoms with van der Waals surface area (Å²) >= 11 is 0. The summed E-state index contributed by atoms with van der Waals surface area (Å²) in [6, 6.07) is 7.85. The van der Waals surface area contributed by atoms with Gasteiger partial charge >= 0.3 is 6.03 Å². The predicted molar refractivity (Wildman–Crippen MR) is 136 cm³/mol. The second-order valence-electron chi connectivity index (χ2n) is 7.65. The Morgan fingerprint density at radius 3 is 2.58 bits per heavy atom. The van der Waals surface area contributed by atoms with Crippen LogP contribution in [0.2, 0.25) is 0 Å². The van der Waals surface area contributed by atoms with Crippen molar-refractivity contribution in [1.82, 2.24) is 25.3 Å². The molecule has 1 saturated heterocycles. The zero-order chi connectivity index (χ0) is 21.5. The van der Waals surface area contributed by atoms with Crippen LogP contribution >= 0.6 is 24.0 Å². The molecule has 1 fully saturated rings. The number of carbonyl (C=O) groups is 1. The smallest absolute Gasteiger partial charge is 0.321 e. The first kappa shape index (κ1) is 25.0. The maximum absolute atomic E-state index is 12.3. The molecular formula is C22H34IN7O. The van der Waals surface area contributed by atoms with E-state index in [-0.39, 0.29) is 30.0 Å². The van der Waals surface area contributed by atoms with Crippen LogP contribution in [-0.4, -0.2) is 46.3 Å². The normalized spacial score (nSPS) is 13.7. The number of hydrogen-bond acceptors (Lipinski definition) is 3. The highest BCUT2D eigenvalue weighted by atomic mass is 127. The molecule has 31 heavy (non-hydrogen) atoms. The highest BCUT2D eigenvalue weighted by molar-refractivity contribution is 14.0. The van der Waals surface area contributed by atoms with Gasteiger partial charge in [0, 0.05) is 50.2 Å². The molecule has 1 aliphatic heterocycles. The lowest BCUT2D eigenvalue weighted by molar-refractivity contribution is 0.222. The summed E-state index contributed by atoms with van der Waals surface area (Å²) in [5.74, 6) is 0.756. The number of aryl methyl sites for hydroxylation is 2. The third-order valence-electron chi connectivity index (χ3n) is 5.43. The minimum Gasteiger partial charge on any atom is -0.357 e. The minimum absolute atomic E-state index is 0. The van der Waals surface area contributed by atoms with Crippen molar-refractivity contribution in [1.29, 1.82) is 0 Å². The Labute approximate surface area is 201 Å². The molecule has 9 heteroatoms. The number of amides is 2. The van der Waals surface area contributed by atoms with Gasteiger partial charge in [-0.15, -0.1) is 24.0 Å². The highest BCUT2D eigenvalue weighted by Crippen LogP contribution is 2.15. The number of anilines is 1. The van der Waals surface area contributed by atoms with Gasteiger partial charge in [0.15, 0.2) is 5.96 Å². The molecule has 3 N–H and O–H groups in total. The molecule has 1 aromatic heterocycles. The van der Waals surface area contributed by atoms with Gasteiger partial charge in [-0.05, 0) is 51.3 Å². The summed E-state index contributed by atoms with van der Waals surface area (Å²) in [6.07, 6.45) is 2.17. The molecule has 170 valence electrons. The van der Waals surface area contributed by atoms with Crippen molar-refractivity contribution in [3.63, 3.8) is 0 Å². The van der Waals surface area contributed by atoms with Crippen LogP contribution < -0.4 is 16.0 Å². The van der Waals surface area contributed by atoms with Gasteiger partial charge in [0.1, 0.15) is 0 Å². The van der Waals surface area contributed by atoms with Crippen molar-refractivity contribution in [2.75, 3.05) is 25.0 Å². The first-order chi connectivity index (χ1) is 14.5. The van der Waals surface area contributed by atoms with Gasteiger partial charge in [0.05, 0.1) is 12.2 Å². The Morgan fingerprint density at radius 2 is 1.94 bits per heavy atom. The predicted octanol–water partition coefficient (Wildman–Crippen LogP) is 3.54. The number of nitrogens with zero attached hydrogens (tertiary/aromatic N) is 4. The largest absolute Gasteiger partial charge is 0.357 e. The van der Waals surface area contributed by atoms with Gasteiger partial charge in [0.25, 0.3) is 0 Å². The number of halogens is 1. The topological polar surface area (TPSA) is 86.6 Å². The van der Waals surface area contributed by atoms with Crippen molar-refractivity contribution in [2.45, 2.75) is 46.7 Å². The summed E-state index contributed by atoms with van der Waals surface area (Å²) in [5, 5.41) is 14.1. The van der Waals surface area contributed by atoms with Crippen LogP contribution in [0.1, 0.15) is 42.3 Å². The molecule has 1 aromatic carbocycles. The molecule has 8 nitrogen and oxygen atoms in total. The van der Waals surface area contributed by atoms with Crippen LogP contribution in [-0.2, 0) is 20.1 Å². The van der Waals surface area contributed by atoms with Crippen LogP contribution in [0.3, 0.4) is 0 Å². The van der Waals surface area contributed by atoms with Crippen LogP contribution in [0, 0.1) is 13.8 Å². The average molecular weight is 539 g/mol. The van der Waals surface area contributed by atoms with E-state index in [9.17, 15) is 4.79 Å². The number of carbonyl (C=O) groups excluding carboxylic acids is 1. The fraction of sp³-hybridized carbons (Fsp3) is 0.500. The number of hydrogen-bond donors (Lipinski definition) is 3. The van der Waals surface area contributed by atoms with Gasteiger partial charge in [-0.2, -0.15) is 5.10 Å². The van der Waals surface area contributed by atoms with Crippen molar-refractivity contribution >= 4 is 41.7 Å². The van der Waals surface area contributed by atoms with Gasteiger partial charge < -0.3 is 20.9 Å². The number of likely N-dealkylation sites (tertiary alicyclic amines) is 1. The fourth-order valence-electron chi connectivity index (χ4n) is 3.63. The number of nitrogens with one attached hydrogen (secondary N) is 3. The molecule has 0 spiro atoms. The third-order valence-corrected chi connectivity index (χ3v) is 5.43. The molecule has 2 aromatic rings. The van der Waals surface area contributed by atoms with Crippen molar-refractivity contribution < 1.29 is 4.79 Å². The number of aromatic nitrogens is 2. The maximum atomic E-state index is 12.3. The van der Waals surface area contributed by atoms with Gasteiger partial charge in [-0.25, -0.2) is 9.79 Å². The van der Waals surface area contributed by atoms with E-state index in [1.54, 1.807) is 0 Å². The Kier molecular flexibility index (Phi) is 9.60. The molecule has 0 aliphatic carbocycles. The summed E-state index contributed by atoms with van der Waals surface area (Å²) in [4.78, 5) is 18.9. The van der Waals surface area contributed by atoms with E-state index < -0.39 is 0 Å². The number of benzene rings is 1. The fourth-order valence-corrected chi connectivity index (χ4v) is 3.63. The van der Waals surface area contributed by atoms with E-state index in [0.717, 1.165) is 61.1 Å². The van der Waals surface area contributed by atoms with E-state index in [1.165, 1.54) is 5.56 Å². The highest BCUT2D eigenvalue weighted by Gasteiger charge is 2.17. The number of guanidine groups is 1. The molecule has 0 unspecified atom stereocenters. The van der Waals surface area contributed by atoms with Crippen molar-refractivity contribution in [3.05, 3.63) is 46.8 Å². The Bertz CT molecular complexity index is 903. The van der Waals surface area contributed by atoms with Gasteiger partial charge in [-0.1, -0.05) is 12.1 Å². The quantitative estimate of drug-likeness (QED) is 0.298. The minimum atomic E-state index is -0.0228. The Hall–Kier alpha value is -2.30. The molecule has 3 rings (SSSR count). The Morgan fingerprint density at radius 1 is 1.19 bits per heavy atom. The molecule has 0 bridgehead atoms. The first-order valence-corrected chi connectivity index (χ1v) is 10.6. The zero-order valence-corrected chi connectivity index (χ0v) is 21.2. The van der Waals surface area contributed by atoms with E-state index in [4.69, 9.17) is 4.99 Å². The first-order valence-electron chi connectivity index (χ1n) is 10.6. The lowest BCUT2D eigenvalue weighted by Gasteiger charge is -2.16. The molecule has 1 aliphatic rings. The summed E-state index contributed by atoms with van der Waals surface area (Å²) in [6.45, 7) is 9.79. The summed E-state index contributed by atoms with van der Waals surface area (Å²) in [5.41, 5.74) is 5.21. The van der Waals surface area contributed by atoms with E-state index in [2.05, 4.69) is 28.0 Å². The van der Waals surface area contributed by atoms with Gasteiger partial charge in [0.2, 0.25) is 0 Å².